The van der Waals surface area contributed by atoms with Crippen molar-refractivity contribution in [1.82, 2.24) is 0 Å². The highest BCUT2D eigenvalue weighted by Gasteiger charge is 2.22. The van der Waals surface area contributed by atoms with E-state index < -0.39 is 5.78 Å². The number of rotatable bonds is 7. The monoisotopic (exact) mass is 344 g/mol. The zero-order chi connectivity index (χ0) is 18.4. The van der Waals surface area contributed by atoms with Crippen molar-refractivity contribution in [3.05, 3.63) is 47.5 Å². The van der Waals surface area contributed by atoms with Crippen molar-refractivity contribution in [2.45, 2.75) is 0 Å². The van der Waals surface area contributed by atoms with Gasteiger partial charge in [0.15, 0.2) is 17.3 Å². The van der Waals surface area contributed by atoms with Gasteiger partial charge in [-0.25, -0.2) is 0 Å². The normalized spacial score (nSPS) is 10.6. The minimum Gasteiger partial charge on any atom is -0.504 e. The molecule has 0 amide bonds. The topological polar surface area (TPSA) is 74.2 Å². The lowest BCUT2D eigenvalue weighted by atomic mass is 10.1. The fourth-order valence-electron chi connectivity index (χ4n) is 2.31. The molecular formula is C19H20O6. The van der Waals surface area contributed by atoms with E-state index in [1.54, 1.807) is 25.3 Å². The van der Waals surface area contributed by atoms with Gasteiger partial charge in [-0.1, -0.05) is 18.2 Å². The molecule has 0 aliphatic carbocycles. The number of carbonyl (C=O) groups is 1. The third-order valence-electron chi connectivity index (χ3n) is 3.61. The van der Waals surface area contributed by atoms with Gasteiger partial charge in [-0.2, -0.15) is 0 Å². The molecule has 6 nitrogen and oxygen atoms in total. The molecule has 0 aliphatic rings. The van der Waals surface area contributed by atoms with Crippen LogP contribution in [0.25, 0.3) is 6.08 Å². The SMILES string of the molecule is COc1ccc(/C=C/C(=O)c2cc(OC)c(OC)c(OC)c2O)cc1. The maximum absolute atomic E-state index is 12.5. The third-order valence-corrected chi connectivity index (χ3v) is 3.61. The van der Waals surface area contributed by atoms with Crippen LogP contribution in [0.15, 0.2) is 36.4 Å². The van der Waals surface area contributed by atoms with Crippen LogP contribution in [0.2, 0.25) is 0 Å². The van der Waals surface area contributed by atoms with E-state index in [2.05, 4.69) is 0 Å². The first kappa shape index (κ1) is 18.2. The molecule has 0 atom stereocenters. The standard InChI is InChI=1S/C19H20O6/c1-22-13-8-5-12(6-9-13)7-10-15(20)14-11-16(23-2)18(24-3)19(25-4)17(14)21/h5-11,21H,1-4H3/b10-7+. The Labute approximate surface area is 146 Å². The smallest absolute Gasteiger partial charge is 0.207 e. The summed E-state index contributed by atoms with van der Waals surface area (Å²) in [6, 6.07) is 8.63. The van der Waals surface area contributed by atoms with Crippen molar-refractivity contribution >= 4 is 11.9 Å². The summed E-state index contributed by atoms with van der Waals surface area (Å²) in [4.78, 5) is 12.5. The minimum atomic E-state index is -0.396. The molecule has 6 heteroatoms. The van der Waals surface area contributed by atoms with E-state index in [0.717, 1.165) is 11.3 Å². The second kappa shape index (κ2) is 8.10. The van der Waals surface area contributed by atoms with Crippen LogP contribution in [0.3, 0.4) is 0 Å². The summed E-state index contributed by atoms with van der Waals surface area (Å²) in [6.07, 6.45) is 3.01. The summed E-state index contributed by atoms with van der Waals surface area (Å²) < 4.78 is 20.6. The Balaban J connectivity index is 2.36. The van der Waals surface area contributed by atoms with E-state index in [1.807, 2.05) is 12.1 Å². The van der Waals surface area contributed by atoms with Crippen molar-refractivity contribution in [2.75, 3.05) is 28.4 Å². The van der Waals surface area contributed by atoms with Gasteiger partial charge in [-0.3, -0.25) is 4.79 Å². The molecule has 0 heterocycles. The summed E-state index contributed by atoms with van der Waals surface area (Å²) in [5, 5.41) is 10.3. The van der Waals surface area contributed by atoms with Crippen molar-refractivity contribution in [3.8, 4) is 28.7 Å². The Morgan fingerprint density at radius 3 is 2.08 bits per heavy atom. The van der Waals surface area contributed by atoms with Crippen LogP contribution in [0.5, 0.6) is 28.7 Å². The molecule has 2 aromatic rings. The van der Waals surface area contributed by atoms with Gasteiger partial charge in [0.25, 0.3) is 0 Å². The number of hydrogen-bond donors (Lipinski definition) is 1. The number of phenolic OH excluding ortho intramolecular Hbond substituents is 1. The van der Waals surface area contributed by atoms with Crippen LogP contribution < -0.4 is 18.9 Å². The Kier molecular flexibility index (Phi) is 5.89. The fraction of sp³-hybridized carbons (Fsp3) is 0.211. The molecule has 0 aliphatic heterocycles. The molecule has 0 aromatic heterocycles. The minimum absolute atomic E-state index is 0.0445. The molecule has 0 unspecified atom stereocenters. The zero-order valence-corrected chi connectivity index (χ0v) is 14.5. The summed E-state index contributed by atoms with van der Waals surface area (Å²) in [7, 11) is 5.82. The average molecular weight is 344 g/mol. The second-order valence-corrected chi connectivity index (χ2v) is 5.01. The van der Waals surface area contributed by atoms with Crippen LogP contribution in [0.4, 0.5) is 0 Å². The third kappa shape index (κ3) is 3.85. The number of hydrogen-bond acceptors (Lipinski definition) is 6. The quantitative estimate of drug-likeness (QED) is 0.613. The van der Waals surface area contributed by atoms with Crippen molar-refractivity contribution in [3.63, 3.8) is 0 Å². The van der Waals surface area contributed by atoms with E-state index in [1.165, 1.54) is 33.5 Å². The largest absolute Gasteiger partial charge is 0.504 e. The first-order chi connectivity index (χ1) is 12.0. The Bertz CT molecular complexity index is 777. The maximum atomic E-state index is 12.5. The van der Waals surface area contributed by atoms with Crippen LogP contribution in [0.1, 0.15) is 15.9 Å². The summed E-state index contributed by atoms with van der Waals surface area (Å²) >= 11 is 0. The first-order valence-electron chi connectivity index (χ1n) is 7.44. The van der Waals surface area contributed by atoms with Gasteiger partial charge >= 0.3 is 0 Å². The van der Waals surface area contributed by atoms with Crippen LogP contribution >= 0.6 is 0 Å². The number of methoxy groups -OCH3 is 4. The highest BCUT2D eigenvalue weighted by molar-refractivity contribution is 6.09. The van der Waals surface area contributed by atoms with E-state index in [9.17, 15) is 9.90 Å². The number of ether oxygens (including phenoxy) is 4. The Hall–Kier alpha value is -3.15. The van der Waals surface area contributed by atoms with E-state index in [4.69, 9.17) is 18.9 Å². The van der Waals surface area contributed by atoms with Crippen LogP contribution in [-0.4, -0.2) is 39.3 Å². The number of benzene rings is 2. The molecule has 132 valence electrons. The van der Waals surface area contributed by atoms with Gasteiger partial charge < -0.3 is 24.1 Å². The number of phenols is 1. The van der Waals surface area contributed by atoms with Gasteiger partial charge in [-0.05, 0) is 29.8 Å². The zero-order valence-electron chi connectivity index (χ0n) is 14.5. The van der Waals surface area contributed by atoms with Gasteiger partial charge in [0.05, 0.1) is 34.0 Å². The predicted octanol–water partition coefficient (Wildman–Crippen LogP) is 3.32. The molecule has 2 aromatic carbocycles. The number of ketones is 1. The molecule has 0 spiro atoms. The molecule has 0 saturated heterocycles. The van der Waals surface area contributed by atoms with Crippen LogP contribution in [-0.2, 0) is 0 Å². The van der Waals surface area contributed by atoms with Crippen molar-refractivity contribution in [1.29, 1.82) is 0 Å². The Morgan fingerprint density at radius 2 is 1.56 bits per heavy atom. The number of carbonyl (C=O) groups excluding carboxylic acids is 1. The summed E-state index contributed by atoms with van der Waals surface area (Å²) in [5.41, 5.74) is 0.875. The molecule has 25 heavy (non-hydrogen) atoms. The Morgan fingerprint density at radius 1 is 0.920 bits per heavy atom. The van der Waals surface area contributed by atoms with Gasteiger partial charge in [-0.15, -0.1) is 0 Å². The van der Waals surface area contributed by atoms with Crippen molar-refractivity contribution < 1.29 is 28.8 Å². The van der Waals surface area contributed by atoms with Crippen molar-refractivity contribution in [2.24, 2.45) is 0 Å². The maximum Gasteiger partial charge on any atom is 0.207 e. The van der Waals surface area contributed by atoms with Gasteiger partial charge in [0.1, 0.15) is 5.75 Å². The lowest BCUT2D eigenvalue weighted by Crippen LogP contribution is -2.01. The van der Waals surface area contributed by atoms with Crippen LogP contribution in [0, 0.1) is 0 Å². The van der Waals surface area contributed by atoms with Gasteiger partial charge in [0.2, 0.25) is 11.5 Å². The fourth-order valence-corrected chi connectivity index (χ4v) is 2.31. The molecular weight excluding hydrogens is 324 g/mol. The van der Waals surface area contributed by atoms with E-state index in [-0.39, 0.29) is 22.8 Å². The molecule has 0 saturated carbocycles. The molecule has 0 fully saturated rings. The lowest BCUT2D eigenvalue weighted by molar-refractivity contribution is 0.104. The second-order valence-electron chi connectivity index (χ2n) is 5.01. The summed E-state index contributed by atoms with van der Waals surface area (Å²) in [5.74, 6) is 0.586. The average Bonchev–Trinajstić information content (AvgIpc) is 2.65. The van der Waals surface area contributed by atoms with E-state index >= 15 is 0 Å². The highest BCUT2D eigenvalue weighted by atomic mass is 16.5. The highest BCUT2D eigenvalue weighted by Crippen LogP contribution is 2.46. The molecule has 2 rings (SSSR count). The van der Waals surface area contributed by atoms with E-state index in [0.29, 0.717) is 5.75 Å². The first-order valence-corrected chi connectivity index (χ1v) is 7.44. The molecule has 1 N–H and O–H groups in total. The molecule has 0 bridgehead atoms. The van der Waals surface area contributed by atoms with Gasteiger partial charge in [0, 0.05) is 0 Å². The number of aromatic hydroxyl groups is 1. The predicted molar refractivity (Wildman–Crippen MR) is 94.1 cm³/mol. The summed E-state index contributed by atoms with van der Waals surface area (Å²) in [6.45, 7) is 0. The molecule has 0 radical (unpaired) electrons. The lowest BCUT2D eigenvalue weighted by Gasteiger charge is -2.15. The number of allylic oxidation sites excluding steroid dienone is 1.